The molecule has 7 heteroatoms. The summed E-state index contributed by atoms with van der Waals surface area (Å²) in [7, 11) is 1.52. The van der Waals surface area contributed by atoms with Crippen LogP contribution in [0.5, 0.6) is 5.75 Å². The zero-order valence-electron chi connectivity index (χ0n) is 15.2. The molecule has 1 saturated heterocycles. The van der Waals surface area contributed by atoms with Crippen molar-refractivity contribution in [3.63, 3.8) is 0 Å². The van der Waals surface area contributed by atoms with Gasteiger partial charge < -0.3 is 20.1 Å². The molecule has 0 aliphatic carbocycles. The third-order valence-electron chi connectivity index (χ3n) is 4.24. The molecule has 1 aliphatic rings. The summed E-state index contributed by atoms with van der Waals surface area (Å²) in [6, 6.07) is 14.1. The molecular weight excluding hydrogens is 346 g/mol. The molecule has 27 heavy (non-hydrogen) atoms. The van der Waals surface area contributed by atoms with Crippen molar-refractivity contribution in [3.8, 4) is 5.75 Å². The highest BCUT2D eigenvalue weighted by molar-refractivity contribution is 6.04. The number of carbonyl (C=O) groups is 2. The van der Waals surface area contributed by atoms with Gasteiger partial charge in [-0.1, -0.05) is 18.2 Å². The highest BCUT2D eigenvalue weighted by atomic mass is 16.5. The van der Waals surface area contributed by atoms with E-state index in [4.69, 9.17) is 9.47 Å². The molecule has 2 amide bonds. The molecule has 0 radical (unpaired) electrons. The first-order valence-electron chi connectivity index (χ1n) is 8.80. The number of carbonyl (C=O) groups excluding carboxylic acids is 2. The van der Waals surface area contributed by atoms with Crippen molar-refractivity contribution in [1.82, 2.24) is 4.90 Å². The topological polar surface area (TPSA) is 79.9 Å². The Morgan fingerprint density at radius 2 is 1.81 bits per heavy atom. The molecule has 0 bridgehead atoms. The minimum atomic E-state index is -0.207. The van der Waals surface area contributed by atoms with Crippen LogP contribution in [-0.2, 0) is 9.53 Å². The van der Waals surface area contributed by atoms with Gasteiger partial charge in [0, 0.05) is 30.4 Å². The van der Waals surface area contributed by atoms with Gasteiger partial charge in [-0.3, -0.25) is 14.5 Å². The minimum Gasteiger partial charge on any atom is -0.494 e. The van der Waals surface area contributed by atoms with Crippen LogP contribution in [-0.4, -0.2) is 56.7 Å². The molecule has 7 nitrogen and oxygen atoms in total. The molecular formula is C20H23N3O4. The molecule has 142 valence electrons. The molecule has 0 aromatic heterocycles. The Morgan fingerprint density at radius 3 is 2.52 bits per heavy atom. The zero-order valence-corrected chi connectivity index (χ0v) is 15.2. The van der Waals surface area contributed by atoms with Crippen LogP contribution in [0.3, 0.4) is 0 Å². The summed E-state index contributed by atoms with van der Waals surface area (Å²) >= 11 is 0. The Bertz CT molecular complexity index is 789. The van der Waals surface area contributed by atoms with Crippen molar-refractivity contribution in [2.45, 2.75) is 0 Å². The number of nitrogens with one attached hydrogen (secondary N) is 2. The molecule has 0 unspecified atom stereocenters. The number of anilines is 2. The first-order valence-corrected chi connectivity index (χ1v) is 8.80. The highest BCUT2D eigenvalue weighted by Gasteiger charge is 2.16. The van der Waals surface area contributed by atoms with E-state index in [0.29, 0.717) is 42.4 Å². The van der Waals surface area contributed by atoms with Crippen molar-refractivity contribution in [2.75, 3.05) is 50.6 Å². The van der Waals surface area contributed by atoms with Gasteiger partial charge in [-0.25, -0.2) is 0 Å². The number of rotatable bonds is 6. The number of morpholine rings is 1. The lowest BCUT2D eigenvalue weighted by molar-refractivity contribution is -0.118. The summed E-state index contributed by atoms with van der Waals surface area (Å²) in [5, 5.41) is 5.69. The maximum absolute atomic E-state index is 12.3. The van der Waals surface area contributed by atoms with Gasteiger partial charge in [-0.05, 0) is 24.3 Å². The van der Waals surface area contributed by atoms with Gasteiger partial charge in [0.1, 0.15) is 5.75 Å². The van der Waals surface area contributed by atoms with E-state index < -0.39 is 0 Å². The van der Waals surface area contributed by atoms with Crippen LogP contribution in [0.4, 0.5) is 11.4 Å². The molecule has 2 aromatic carbocycles. The Kier molecular flexibility index (Phi) is 6.40. The van der Waals surface area contributed by atoms with Crippen LogP contribution in [0.1, 0.15) is 10.4 Å². The molecule has 0 saturated carbocycles. The normalized spacial score (nSPS) is 14.4. The third-order valence-corrected chi connectivity index (χ3v) is 4.24. The van der Waals surface area contributed by atoms with E-state index in [-0.39, 0.29) is 11.8 Å². The number of benzene rings is 2. The average Bonchev–Trinajstić information content (AvgIpc) is 2.70. The summed E-state index contributed by atoms with van der Waals surface area (Å²) in [6.07, 6.45) is 0. The van der Waals surface area contributed by atoms with Gasteiger partial charge in [-0.15, -0.1) is 0 Å². The van der Waals surface area contributed by atoms with Crippen LogP contribution >= 0.6 is 0 Å². The predicted octanol–water partition coefficient (Wildman–Crippen LogP) is 2.22. The quantitative estimate of drug-likeness (QED) is 0.816. The summed E-state index contributed by atoms with van der Waals surface area (Å²) in [6.45, 7) is 3.09. The van der Waals surface area contributed by atoms with E-state index in [2.05, 4.69) is 10.6 Å². The van der Waals surface area contributed by atoms with E-state index in [9.17, 15) is 9.59 Å². The van der Waals surface area contributed by atoms with Crippen molar-refractivity contribution >= 4 is 23.2 Å². The minimum absolute atomic E-state index is 0.115. The molecule has 0 atom stereocenters. The van der Waals surface area contributed by atoms with Crippen LogP contribution in [0.15, 0.2) is 48.5 Å². The van der Waals surface area contributed by atoms with E-state index in [0.717, 1.165) is 13.1 Å². The molecule has 1 heterocycles. The summed E-state index contributed by atoms with van der Waals surface area (Å²) in [4.78, 5) is 26.6. The van der Waals surface area contributed by atoms with Gasteiger partial charge in [0.05, 0.1) is 32.6 Å². The number of methoxy groups -OCH3 is 1. The van der Waals surface area contributed by atoms with Crippen molar-refractivity contribution in [2.24, 2.45) is 0 Å². The second-order valence-corrected chi connectivity index (χ2v) is 6.17. The van der Waals surface area contributed by atoms with Gasteiger partial charge >= 0.3 is 0 Å². The molecule has 2 N–H and O–H groups in total. The fourth-order valence-electron chi connectivity index (χ4n) is 2.82. The Labute approximate surface area is 158 Å². The van der Waals surface area contributed by atoms with Crippen LogP contribution in [0, 0.1) is 0 Å². The summed E-state index contributed by atoms with van der Waals surface area (Å²) in [5.41, 5.74) is 1.72. The largest absolute Gasteiger partial charge is 0.494 e. The SMILES string of the molecule is COc1cc(NC(=O)c2ccccc2)ccc1NC(=O)CN1CCOCC1. The third kappa shape index (κ3) is 5.29. The molecule has 3 rings (SSSR count). The van der Waals surface area contributed by atoms with Crippen molar-refractivity contribution < 1.29 is 19.1 Å². The van der Waals surface area contributed by atoms with Crippen molar-refractivity contribution in [3.05, 3.63) is 54.1 Å². The van der Waals surface area contributed by atoms with Crippen LogP contribution in [0.25, 0.3) is 0 Å². The van der Waals surface area contributed by atoms with Gasteiger partial charge in [-0.2, -0.15) is 0 Å². The van der Waals surface area contributed by atoms with Crippen LogP contribution < -0.4 is 15.4 Å². The highest BCUT2D eigenvalue weighted by Crippen LogP contribution is 2.28. The maximum Gasteiger partial charge on any atom is 0.255 e. The van der Waals surface area contributed by atoms with Crippen molar-refractivity contribution in [1.29, 1.82) is 0 Å². The first kappa shape index (κ1) is 18.9. The molecule has 0 spiro atoms. The fraction of sp³-hybridized carbons (Fsp3) is 0.300. The number of amides is 2. The van der Waals surface area contributed by atoms with Gasteiger partial charge in [0.2, 0.25) is 5.91 Å². The van der Waals surface area contributed by atoms with Gasteiger partial charge in [0.15, 0.2) is 0 Å². The van der Waals surface area contributed by atoms with E-state index in [1.54, 1.807) is 30.3 Å². The van der Waals surface area contributed by atoms with E-state index in [1.165, 1.54) is 7.11 Å². The summed E-state index contributed by atoms with van der Waals surface area (Å²) < 4.78 is 10.6. The lowest BCUT2D eigenvalue weighted by Crippen LogP contribution is -2.41. The fourth-order valence-corrected chi connectivity index (χ4v) is 2.82. The number of nitrogens with zero attached hydrogens (tertiary/aromatic N) is 1. The van der Waals surface area contributed by atoms with Crippen LogP contribution in [0.2, 0.25) is 0 Å². The predicted molar refractivity (Wildman–Crippen MR) is 103 cm³/mol. The van der Waals surface area contributed by atoms with Gasteiger partial charge in [0.25, 0.3) is 5.91 Å². The van der Waals surface area contributed by atoms with E-state index in [1.807, 2.05) is 23.1 Å². The Balaban J connectivity index is 1.63. The monoisotopic (exact) mass is 369 g/mol. The number of ether oxygens (including phenoxy) is 2. The standard InChI is InChI=1S/C20H23N3O4/c1-26-18-13-16(21-20(25)15-5-3-2-4-6-15)7-8-17(18)22-19(24)14-23-9-11-27-12-10-23/h2-8,13H,9-12,14H2,1H3,(H,21,25)(H,22,24). The van der Waals surface area contributed by atoms with E-state index >= 15 is 0 Å². The smallest absolute Gasteiger partial charge is 0.255 e. The molecule has 1 aliphatic heterocycles. The lowest BCUT2D eigenvalue weighted by Gasteiger charge is -2.25. The zero-order chi connectivity index (χ0) is 19.1. The lowest BCUT2D eigenvalue weighted by atomic mass is 10.2. The molecule has 1 fully saturated rings. The number of hydrogen-bond donors (Lipinski definition) is 2. The Hall–Kier alpha value is -2.90. The maximum atomic E-state index is 12.3. The molecule has 2 aromatic rings. The summed E-state index contributed by atoms with van der Waals surface area (Å²) in [5.74, 6) is 0.161. The second kappa shape index (κ2) is 9.16. The first-order chi connectivity index (χ1) is 13.2. The average molecular weight is 369 g/mol. The Morgan fingerprint density at radius 1 is 1.07 bits per heavy atom. The number of hydrogen-bond acceptors (Lipinski definition) is 5. The second-order valence-electron chi connectivity index (χ2n) is 6.17.